The van der Waals surface area contributed by atoms with Gasteiger partial charge in [-0.1, -0.05) is 0 Å². The number of carbonyl (C=O) groups excluding carboxylic acids is 2. The van der Waals surface area contributed by atoms with Crippen LogP contribution in [0.1, 0.15) is 6.92 Å². The highest BCUT2D eigenvalue weighted by molar-refractivity contribution is 6.06. The molecule has 1 aromatic rings. The highest BCUT2D eigenvalue weighted by Gasteiger charge is 2.31. The Morgan fingerprint density at radius 2 is 1.67 bits per heavy atom. The van der Waals surface area contributed by atoms with Gasteiger partial charge in [0, 0.05) is 12.1 Å². The molecule has 1 fully saturated rings. The molecule has 0 bridgehead atoms. The highest BCUT2D eigenvalue weighted by Crippen LogP contribution is 2.41. The van der Waals surface area contributed by atoms with E-state index < -0.39 is 6.04 Å². The van der Waals surface area contributed by atoms with Gasteiger partial charge >= 0.3 is 0 Å². The van der Waals surface area contributed by atoms with Crippen LogP contribution in [-0.2, 0) is 9.59 Å². The Labute approximate surface area is 122 Å². The van der Waals surface area contributed by atoms with Gasteiger partial charge in [-0.15, -0.1) is 0 Å². The van der Waals surface area contributed by atoms with Gasteiger partial charge in [-0.05, 0) is 6.92 Å². The average Bonchev–Trinajstić information content (AvgIpc) is 2.49. The average molecular weight is 294 g/mol. The number of anilines is 1. The quantitative estimate of drug-likeness (QED) is 0.878. The molecule has 0 spiro atoms. The Kier molecular flexibility index (Phi) is 4.21. The first kappa shape index (κ1) is 15.0. The van der Waals surface area contributed by atoms with Crippen molar-refractivity contribution in [3.63, 3.8) is 0 Å². The maximum Gasteiger partial charge on any atom is 0.249 e. The predicted molar refractivity (Wildman–Crippen MR) is 76.1 cm³/mol. The third-order valence-corrected chi connectivity index (χ3v) is 3.28. The van der Waals surface area contributed by atoms with Crippen LogP contribution < -0.4 is 24.4 Å². The van der Waals surface area contributed by atoms with Crippen molar-refractivity contribution < 1.29 is 23.8 Å². The zero-order chi connectivity index (χ0) is 15.6. The van der Waals surface area contributed by atoms with Gasteiger partial charge in [-0.2, -0.15) is 0 Å². The van der Waals surface area contributed by atoms with E-state index in [2.05, 4.69) is 5.32 Å². The molecule has 1 unspecified atom stereocenters. The number of rotatable bonds is 4. The van der Waals surface area contributed by atoms with Gasteiger partial charge in [-0.3, -0.25) is 9.59 Å². The van der Waals surface area contributed by atoms with E-state index in [-0.39, 0.29) is 18.4 Å². The van der Waals surface area contributed by atoms with Crippen molar-refractivity contribution in [2.75, 3.05) is 32.8 Å². The number of benzene rings is 1. The summed E-state index contributed by atoms with van der Waals surface area (Å²) < 4.78 is 15.7. The molecule has 0 saturated carbocycles. The third kappa shape index (κ3) is 2.72. The summed E-state index contributed by atoms with van der Waals surface area (Å²) in [5.74, 6) is 0.891. The van der Waals surface area contributed by atoms with Crippen LogP contribution in [0, 0.1) is 0 Å². The molecule has 1 saturated heterocycles. The highest BCUT2D eigenvalue weighted by atomic mass is 16.5. The van der Waals surface area contributed by atoms with Gasteiger partial charge in [0.15, 0.2) is 11.5 Å². The zero-order valence-electron chi connectivity index (χ0n) is 12.4. The fraction of sp³-hybridized carbons (Fsp3) is 0.429. The molecule has 2 amide bonds. The van der Waals surface area contributed by atoms with Crippen molar-refractivity contribution >= 4 is 17.5 Å². The lowest BCUT2D eigenvalue weighted by atomic mass is 10.1. The molecule has 2 rings (SSSR count). The lowest BCUT2D eigenvalue weighted by molar-refractivity contribution is -0.130. The van der Waals surface area contributed by atoms with Crippen LogP contribution in [0.4, 0.5) is 5.69 Å². The molecule has 0 radical (unpaired) electrons. The summed E-state index contributed by atoms with van der Waals surface area (Å²) in [6.45, 7) is 1.60. The summed E-state index contributed by atoms with van der Waals surface area (Å²) in [5.41, 5.74) is 0.524. The van der Waals surface area contributed by atoms with E-state index in [4.69, 9.17) is 14.2 Å². The number of nitrogens with one attached hydrogen (secondary N) is 1. The van der Waals surface area contributed by atoms with E-state index in [1.807, 2.05) is 0 Å². The second kappa shape index (κ2) is 5.90. The monoisotopic (exact) mass is 294 g/mol. The predicted octanol–water partition coefficient (Wildman–Crippen LogP) is 0.564. The SMILES string of the molecule is COc1cc(N2CC(=O)NC(C)C2=O)cc(OC)c1OC. The van der Waals surface area contributed by atoms with Gasteiger partial charge in [0.05, 0.1) is 27.0 Å². The smallest absolute Gasteiger partial charge is 0.249 e. The molecule has 1 aliphatic heterocycles. The Morgan fingerprint density at radius 3 is 2.14 bits per heavy atom. The number of ether oxygens (including phenoxy) is 3. The Bertz CT molecular complexity index is 547. The number of hydrogen-bond donors (Lipinski definition) is 1. The van der Waals surface area contributed by atoms with Crippen LogP contribution in [0.2, 0.25) is 0 Å². The zero-order valence-corrected chi connectivity index (χ0v) is 12.4. The molecule has 1 atom stereocenters. The van der Waals surface area contributed by atoms with Crippen molar-refractivity contribution in [1.29, 1.82) is 0 Å². The molecule has 114 valence electrons. The normalized spacial score (nSPS) is 18.3. The molecule has 1 aromatic carbocycles. The standard InChI is InChI=1S/C14H18N2O5/c1-8-14(18)16(7-12(17)15-8)9-5-10(19-2)13(21-4)11(6-9)20-3/h5-6,8H,7H2,1-4H3,(H,15,17). The number of nitrogens with zero attached hydrogens (tertiary/aromatic N) is 1. The summed E-state index contributed by atoms with van der Waals surface area (Å²) in [6.07, 6.45) is 0. The molecule has 21 heavy (non-hydrogen) atoms. The molecule has 1 aliphatic rings. The first-order valence-corrected chi connectivity index (χ1v) is 6.42. The first-order valence-electron chi connectivity index (χ1n) is 6.42. The van der Waals surface area contributed by atoms with Crippen molar-refractivity contribution in [2.24, 2.45) is 0 Å². The molecule has 7 nitrogen and oxygen atoms in total. The van der Waals surface area contributed by atoms with Crippen molar-refractivity contribution in [2.45, 2.75) is 13.0 Å². The van der Waals surface area contributed by atoms with E-state index in [9.17, 15) is 9.59 Å². The molecule has 1 heterocycles. The summed E-state index contributed by atoms with van der Waals surface area (Å²) >= 11 is 0. The van der Waals surface area contributed by atoms with Crippen LogP contribution in [0.15, 0.2) is 12.1 Å². The molecule has 0 aliphatic carbocycles. The van der Waals surface area contributed by atoms with Crippen LogP contribution in [0.25, 0.3) is 0 Å². The van der Waals surface area contributed by atoms with Crippen molar-refractivity contribution in [3.8, 4) is 17.2 Å². The Morgan fingerprint density at radius 1 is 1.10 bits per heavy atom. The van der Waals surface area contributed by atoms with Gasteiger partial charge in [0.25, 0.3) is 0 Å². The minimum Gasteiger partial charge on any atom is -0.493 e. The van der Waals surface area contributed by atoms with E-state index in [1.54, 1.807) is 19.1 Å². The second-order valence-electron chi connectivity index (χ2n) is 4.60. The summed E-state index contributed by atoms with van der Waals surface area (Å²) in [7, 11) is 4.49. The van der Waals surface area contributed by atoms with Crippen molar-refractivity contribution in [3.05, 3.63) is 12.1 Å². The summed E-state index contributed by atoms with van der Waals surface area (Å²) in [4.78, 5) is 25.3. The molecular formula is C14H18N2O5. The molecule has 0 aromatic heterocycles. The lowest BCUT2D eigenvalue weighted by Crippen LogP contribution is -2.57. The number of piperazine rings is 1. The van der Waals surface area contributed by atoms with Gasteiger partial charge in [0.1, 0.15) is 12.6 Å². The number of amides is 2. The summed E-state index contributed by atoms with van der Waals surface area (Å²) in [5, 5.41) is 2.59. The van der Waals surface area contributed by atoms with Crippen LogP contribution in [-0.4, -0.2) is 45.7 Å². The fourth-order valence-electron chi connectivity index (χ4n) is 2.25. The largest absolute Gasteiger partial charge is 0.493 e. The van der Waals surface area contributed by atoms with Gasteiger partial charge in [0.2, 0.25) is 17.6 Å². The fourth-order valence-corrected chi connectivity index (χ4v) is 2.25. The number of carbonyl (C=O) groups is 2. The number of methoxy groups -OCH3 is 3. The van der Waals surface area contributed by atoms with E-state index in [1.165, 1.54) is 26.2 Å². The maximum absolute atomic E-state index is 12.2. The van der Waals surface area contributed by atoms with E-state index in [0.29, 0.717) is 22.9 Å². The maximum atomic E-state index is 12.2. The molecule has 7 heteroatoms. The molecule has 1 N–H and O–H groups in total. The van der Waals surface area contributed by atoms with Crippen LogP contribution >= 0.6 is 0 Å². The second-order valence-corrected chi connectivity index (χ2v) is 4.60. The van der Waals surface area contributed by atoms with Crippen molar-refractivity contribution in [1.82, 2.24) is 5.32 Å². The Hall–Kier alpha value is -2.44. The summed E-state index contributed by atoms with van der Waals surface area (Å²) in [6, 6.07) is 2.72. The van der Waals surface area contributed by atoms with E-state index >= 15 is 0 Å². The van der Waals surface area contributed by atoms with E-state index in [0.717, 1.165) is 0 Å². The van der Waals surface area contributed by atoms with Crippen LogP contribution in [0.3, 0.4) is 0 Å². The number of hydrogen-bond acceptors (Lipinski definition) is 5. The molecular weight excluding hydrogens is 276 g/mol. The topological polar surface area (TPSA) is 77.1 Å². The van der Waals surface area contributed by atoms with Crippen LogP contribution in [0.5, 0.6) is 17.2 Å². The minimum atomic E-state index is -0.564. The van der Waals surface area contributed by atoms with Gasteiger partial charge < -0.3 is 24.4 Å². The Balaban J connectivity index is 2.48. The first-order chi connectivity index (χ1) is 10.0. The lowest BCUT2D eigenvalue weighted by Gasteiger charge is -2.31. The third-order valence-electron chi connectivity index (χ3n) is 3.28. The van der Waals surface area contributed by atoms with Gasteiger partial charge in [-0.25, -0.2) is 0 Å². The minimum absolute atomic E-state index is 0.0399.